The number of hydrogen-bond donors (Lipinski definition) is 1. The highest BCUT2D eigenvalue weighted by Gasteiger charge is 2.29. The number of anilines is 1. The summed E-state index contributed by atoms with van der Waals surface area (Å²) in [5.74, 6) is 0.921. The number of benzene rings is 1. The highest BCUT2D eigenvalue weighted by atomic mass is 16.2. The van der Waals surface area contributed by atoms with Crippen molar-refractivity contribution in [2.24, 2.45) is 5.92 Å². The molecule has 132 valence electrons. The van der Waals surface area contributed by atoms with Crippen molar-refractivity contribution in [3.63, 3.8) is 0 Å². The van der Waals surface area contributed by atoms with Gasteiger partial charge in [-0.3, -0.25) is 9.78 Å². The van der Waals surface area contributed by atoms with E-state index in [1.165, 1.54) is 0 Å². The summed E-state index contributed by atoms with van der Waals surface area (Å²) in [6.07, 6.45) is 5.39. The minimum absolute atomic E-state index is 0.0920. The summed E-state index contributed by atoms with van der Waals surface area (Å²) >= 11 is 0. The Hall–Kier alpha value is -3.61. The first kappa shape index (κ1) is 15.6. The predicted molar refractivity (Wildman–Crippen MR) is 101 cm³/mol. The van der Waals surface area contributed by atoms with Gasteiger partial charge < -0.3 is 5.32 Å². The smallest absolute Gasteiger partial charge is 0.227 e. The van der Waals surface area contributed by atoms with Gasteiger partial charge in [-0.1, -0.05) is 12.1 Å². The number of carbonyl (C=O) groups excluding carboxylic acids is 1. The lowest BCUT2D eigenvalue weighted by Crippen LogP contribution is -2.13. The second-order valence-corrected chi connectivity index (χ2v) is 6.59. The highest BCUT2D eigenvalue weighted by molar-refractivity contribution is 5.94. The van der Waals surface area contributed by atoms with Crippen molar-refractivity contribution in [1.29, 1.82) is 0 Å². The molecule has 7 nitrogen and oxygen atoms in total. The lowest BCUT2D eigenvalue weighted by molar-refractivity contribution is -0.117. The number of amides is 1. The van der Waals surface area contributed by atoms with Gasteiger partial charge in [-0.15, -0.1) is 10.2 Å². The molecule has 1 N–H and O–H groups in total. The monoisotopic (exact) mass is 356 g/mol. The molecule has 0 atom stereocenters. The largest absolute Gasteiger partial charge is 0.326 e. The summed E-state index contributed by atoms with van der Waals surface area (Å²) < 4.78 is 1.72. The van der Waals surface area contributed by atoms with E-state index < -0.39 is 0 Å². The topological polar surface area (TPSA) is 85.1 Å². The first-order chi connectivity index (χ1) is 13.3. The Morgan fingerprint density at radius 2 is 1.85 bits per heavy atom. The Bertz CT molecular complexity index is 1130. The number of carbonyl (C=O) groups is 1. The summed E-state index contributed by atoms with van der Waals surface area (Å²) in [6, 6.07) is 15.3. The van der Waals surface area contributed by atoms with E-state index in [9.17, 15) is 4.79 Å². The van der Waals surface area contributed by atoms with Crippen molar-refractivity contribution >= 4 is 17.2 Å². The zero-order valence-electron chi connectivity index (χ0n) is 14.4. The van der Waals surface area contributed by atoms with Crippen LogP contribution in [0.3, 0.4) is 0 Å². The molecule has 3 aromatic heterocycles. The second-order valence-electron chi connectivity index (χ2n) is 6.59. The quantitative estimate of drug-likeness (QED) is 0.607. The van der Waals surface area contributed by atoms with E-state index in [4.69, 9.17) is 5.10 Å². The molecule has 0 spiro atoms. The number of pyridine rings is 1. The fourth-order valence-corrected chi connectivity index (χ4v) is 2.97. The SMILES string of the molecule is O=C(Nc1cccc(-c2ccc3nnc(-c4ccncc4)n3n2)c1)C1CC1. The van der Waals surface area contributed by atoms with Crippen LogP contribution in [0.5, 0.6) is 0 Å². The van der Waals surface area contributed by atoms with E-state index in [2.05, 4.69) is 20.5 Å². The molecular formula is C20H16N6O. The Labute approximate surface area is 155 Å². The van der Waals surface area contributed by atoms with Gasteiger partial charge in [-0.05, 0) is 49.2 Å². The molecule has 0 saturated heterocycles. The van der Waals surface area contributed by atoms with Crippen LogP contribution in [0.4, 0.5) is 5.69 Å². The van der Waals surface area contributed by atoms with Crippen LogP contribution in [0, 0.1) is 5.92 Å². The maximum absolute atomic E-state index is 12.0. The van der Waals surface area contributed by atoms with Gasteiger partial charge >= 0.3 is 0 Å². The van der Waals surface area contributed by atoms with Gasteiger partial charge in [0.2, 0.25) is 5.91 Å². The molecular weight excluding hydrogens is 340 g/mol. The third-order valence-electron chi connectivity index (χ3n) is 4.58. The van der Waals surface area contributed by atoms with Crippen LogP contribution in [0.1, 0.15) is 12.8 Å². The van der Waals surface area contributed by atoms with Crippen LogP contribution in [-0.4, -0.2) is 30.7 Å². The third-order valence-corrected chi connectivity index (χ3v) is 4.58. The summed E-state index contributed by atoms with van der Waals surface area (Å²) in [7, 11) is 0. The van der Waals surface area contributed by atoms with Gasteiger partial charge in [-0.2, -0.15) is 9.61 Å². The molecule has 1 aliphatic carbocycles. The van der Waals surface area contributed by atoms with Crippen LogP contribution in [0.15, 0.2) is 60.9 Å². The number of hydrogen-bond acceptors (Lipinski definition) is 5. The Morgan fingerprint density at radius 1 is 1.00 bits per heavy atom. The molecule has 1 fully saturated rings. The molecule has 0 bridgehead atoms. The minimum Gasteiger partial charge on any atom is -0.326 e. The average Bonchev–Trinajstić information content (AvgIpc) is 3.48. The number of nitrogens with one attached hydrogen (secondary N) is 1. The zero-order valence-corrected chi connectivity index (χ0v) is 14.4. The molecule has 0 unspecified atom stereocenters. The fourth-order valence-electron chi connectivity index (χ4n) is 2.97. The van der Waals surface area contributed by atoms with E-state index in [1.807, 2.05) is 48.5 Å². The van der Waals surface area contributed by atoms with Crippen molar-refractivity contribution in [1.82, 2.24) is 24.8 Å². The number of aromatic nitrogens is 5. The Balaban J connectivity index is 1.52. The number of fused-ring (bicyclic) bond motifs is 1. The van der Waals surface area contributed by atoms with Crippen molar-refractivity contribution in [2.45, 2.75) is 12.8 Å². The van der Waals surface area contributed by atoms with Gasteiger partial charge in [0.1, 0.15) is 0 Å². The lowest BCUT2D eigenvalue weighted by Gasteiger charge is -2.07. The van der Waals surface area contributed by atoms with Crippen molar-refractivity contribution in [3.05, 3.63) is 60.9 Å². The highest BCUT2D eigenvalue weighted by Crippen LogP contribution is 2.31. The Morgan fingerprint density at radius 3 is 2.67 bits per heavy atom. The van der Waals surface area contributed by atoms with Crippen molar-refractivity contribution < 1.29 is 4.79 Å². The molecule has 3 heterocycles. The van der Waals surface area contributed by atoms with E-state index >= 15 is 0 Å². The second kappa shape index (κ2) is 6.28. The van der Waals surface area contributed by atoms with Crippen LogP contribution >= 0.6 is 0 Å². The number of rotatable bonds is 4. The molecule has 1 amide bonds. The standard InChI is InChI=1S/C20H16N6O/c27-20(14-4-5-14)22-16-3-1-2-15(12-16)17-6-7-18-23-24-19(26(18)25-17)13-8-10-21-11-9-13/h1-3,6-12,14H,4-5H2,(H,22,27). The summed E-state index contributed by atoms with van der Waals surface area (Å²) in [5.41, 5.74) is 4.04. The number of nitrogens with zero attached hydrogens (tertiary/aromatic N) is 5. The molecule has 5 rings (SSSR count). The summed E-state index contributed by atoms with van der Waals surface area (Å²) in [4.78, 5) is 16.0. The van der Waals surface area contributed by atoms with Gasteiger partial charge in [0.05, 0.1) is 5.69 Å². The molecule has 27 heavy (non-hydrogen) atoms. The van der Waals surface area contributed by atoms with E-state index in [-0.39, 0.29) is 11.8 Å². The van der Waals surface area contributed by atoms with E-state index in [1.54, 1.807) is 16.9 Å². The Kier molecular flexibility index (Phi) is 3.64. The van der Waals surface area contributed by atoms with Crippen LogP contribution < -0.4 is 5.32 Å². The van der Waals surface area contributed by atoms with Gasteiger partial charge in [0, 0.05) is 35.1 Å². The first-order valence-electron chi connectivity index (χ1n) is 8.82. The van der Waals surface area contributed by atoms with E-state index in [0.717, 1.165) is 35.3 Å². The lowest BCUT2D eigenvalue weighted by atomic mass is 10.1. The third kappa shape index (κ3) is 3.03. The van der Waals surface area contributed by atoms with Gasteiger partial charge in [0.25, 0.3) is 0 Å². The van der Waals surface area contributed by atoms with Gasteiger partial charge in [-0.25, -0.2) is 0 Å². The maximum atomic E-state index is 12.0. The molecule has 0 aliphatic heterocycles. The van der Waals surface area contributed by atoms with Crippen molar-refractivity contribution in [2.75, 3.05) is 5.32 Å². The van der Waals surface area contributed by atoms with Crippen LogP contribution in [0.25, 0.3) is 28.3 Å². The molecule has 1 saturated carbocycles. The summed E-state index contributed by atoms with van der Waals surface area (Å²) in [6.45, 7) is 0. The first-order valence-corrected chi connectivity index (χ1v) is 8.82. The summed E-state index contributed by atoms with van der Waals surface area (Å²) in [5, 5.41) is 16.1. The average molecular weight is 356 g/mol. The van der Waals surface area contributed by atoms with Crippen molar-refractivity contribution in [3.8, 4) is 22.6 Å². The minimum atomic E-state index is 0.0920. The normalized spacial score (nSPS) is 13.6. The van der Waals surface area contributed by atoms with Crippen LogP contribution in [-0.2, 0) is 4.79 Å². The van der Waals surface area contributed by atoms with E-state index in [0.29, 0.717) is 11.5 Å². The predicted octanol–water partition coefficient (Wildman–Crippen LogP) is 3.20. The van der Waals surface area contributed by atoms with Crippen LogP contribution in [0.2, 0.25) is 0 Å². The molecule has 1 aromatic carbocycles. The molecule has 7 heteroatoms. The fraction of sp³-hybridized carbons (Fsp3) is 0.150. The molecule has 0 radical (unpaired) electrons. The maximum Gasteiger partial charge on any atom is 0.227 e. The van der Waals surface area contributed by atoms with Gasteiger partial charge in [0.15, 0.2) is 11.5 Å². The molecule has 1 aliphatic rings. The zero-order chi connectivity index (χ0) is 18.2. The molecule has 4 aromatic rings.